The van der Waals surface area contributed by atoms with E-state index in [0.29, 0.717) is 5.92 Å². The summed E-state index contributed by atoms with van der Waals surface area (Å²) in [5.41, 5.74) is 1.18. The minimum Gasteiger partial charge on any atom is -0.497 e. The third-order valence-corrected chi connectivity index (χ3v) is 3.68. The van der Waals surface area contributed by atoms with Crippen molar-refractivity contribution in [2.75, 3.05) is 20.2 Å². The molecule has 1 heterocycles. The number of benzene rings is 1. The second-order valence-electron chi connectivity index (χ2n) is 5.70. The third kappa shape index (κ3) is 3.44. The maximum absolute atomic E-state index is 12.2. The maximum atomic E-state index is 12.2. The number of urea groups is 1. The Balaban J connectivity index is 2.04. The molecular weight excluding hydrogens is 252 g/mol. The molecule has 2 rings (SSSR count). The van der Waals surface area contributed by atoms with Gasteiger partial charge in [-0.1, -0.05) is 26.0 Å². The SMILES string of the molecule is COc1ccc(C2CCCN2C(=O)NCC(C)C)cc1. The van der Waals surface area contributed by atoms with E-state index in [2.05, 4.69) is 31.3 Å². The molecule has 110 valence electrons. The minimum atomic E-state index is 0.0528. The average Bonchev–Trinajstić information content (AvgIpc) is 2.94. The van der Waals surface area contributed by atoms with Gasteiger partial charge in [-0.15, -0.1) is 0 Å². The molecular formula is C16H24N2O2. The summed E-state index contributed by atoms with van der Waals surface area (Å²) in [6.45, 7) is 5.77. The number of rotatable bonds is 4. The summed E-state index contributed by atoms with van der Waals surface area (Å²) >= 11 is 0. The summed E-state index contributed by atoms with van der Waals surface area (Å²) in [5.74, 6) is 1.32. The van der Waals surface area contributed by atoms with E-state index in [-0.39, 0.29) is 12.1 Å². The largest absolute Gasteiger partial charge is 0.497 e. The van der Waals surface area contributed by atoms with Crippen molar-refractivity contribution in [3.05, 3.63) is 29.8 Å². The highest BCUT2D eigenvalue weighted by atomic mass is 16.5. The Morgan fingerprint density at radius 3 is 2.70 bits per heavy atom. The molecule has 1 aromatic rings. The average molecular weight is 276 g/mol. The first-order chi connectivity index (χ1) is 9.61. The van der Waals surface area contributed by atoms with Crippen LogP contribution in [0.15, 0.2) is 24.3 Å². The van der Waals surface area contributed by atoms with Crippen LogP contribution >= 0.6 is 0 Å². The molecule has 0 aromatic heterocycles. The van der Waals surface area contributed by atoms with Gasteiger partial charge in [0.2, 0.25) is 0 Å². The third-order valence-electron chi connectivity index (χ3n) is 3.68. The summed E-state index contributed by atoms with van der Waals surface area (Å²) in [7, 11) is 1.66. The first-order valence-corrected chi connectivity index (χ1v) is 7.30. The number of likely N-dealkylation sites (tertiary alicyclic amines) is 1. The molecule has 2 amide bonds. The number of carbonyl (C=O) groups is 1. The van der Waals surface area contributed by atoms with Crippen LogP contribution in [-0.4, -0.2) is 31.1 Å². The fraction of sp³-hybridized carbons (Fsp3) is 0.562. The summed E-state index contributed by atoms with van der Waals surface area (Å²) in [5, 5.41) is 3.01. The highest BCUT2D eigenvalue weighted by Crippen LogP contribution is 2.32. The summed E-state index contributed by atoms with van der Waals surface area (Å²) in [6, 6.07) is 8.26. The molecule has 0 saturated carbocycles. The molecule has 4 heteroatoms. The molecule has 1 fully saturated rings. The summed E-state index contributed by atoms with van der Waals surface area (Å²) < 4.78 is 5.18. The van der Waals surface area contributed by atoms with Crippen molar-refractivity contribution < 1.29 is 9.53 Å². The van der Waals surface area contributed by atoms with Crippen LogP contribution in [0.3, 0.4) is 0 Å². The summed E-state index contributed by atoms with van der Waals surface area (Å²) in [4.78, 5) is 14.2. The van der Waals surface area contributed by atoms with Crippen LogP contribution in [0.4, 0.5) is 4.79 Å². The maximum Gasteiger partial charge on any atom is 0.317 e. The van der Waals surface area contributed by atoms with Gasteiger partial charge >= 0.3 is 6.03 Å². The Bertz CT molecular complexity index is 442. The van der Waals surface area contributed by atoms with Gasteiger partial charge in [0.05, 0.1) is 13.2 Å². The van der Waals surface area contributed by atoms with Gasteiger partial charge in [-0.3, -0.25) is 0 Å². The van der Waals surface area contributed by atoms with E-state index in [1.54, 1.807) is 7.11 Å². The first-order valence-electron chi connectivity index (χ1n) is 7.30. The Morgan fingerprint density at radius 1 is 1.40 bits per heavy atom. The van der Waals surface area contributed by atoms with E-state index in [1.807, 2.05) is 17.0 Å². The van der Waals surface area contributed by atoms with Gasteiger partial charge in [0.25, 0.3) is 0 Å². The van der Waals surface area contributed by atoms with Gasteiger partial charge in [-0.25, -0.2) is 4.79 Å². The molecule has 1 aliphatic heterocycles. The van der Waals surface area contributed by atoms with E-state index in [1.165, 1.54) is 5.56 Å². The number of amides is 2. The van der Waals surface area contributed by atoms with Gasteiger partial charge in [0, 0.05) is 13.1 Å². The van der Waals surface area contributed by atoms with Crippen molar-refractivity contribution in [2.24, 2.45) is 5.92 Å². The Labute approximate surface area is 121 Å². The number of carbonyl (C=O) groups excluding carboxylic acids is 1. The lowest BCUT2D eigenvalue weighted by molar-refractivity contribution is 0.191. The first kappa shape index (κ1) is 14.7. The normalized spacial score (nSPS) is 18.4. The van der Waals surface area contributed by atoms with Gasteiger partial charge in [0.15, 0.2) is 0 Å². The molecule has 1 N–H and O–H groups in total. The number of methoxy groups -OCH3 is 1. The quantitative estimate of drug-likeness (QED) is 0.917. The van der Waals surface area contributed by atoms with Crippen molar-refractivity contribution in [1.82, 2.24) is 10.2 Å². The molecule has 20 heavy (non-hydrogen) atoms. The number of ether oxygens (including phenoxy) is 1. The molecule has 1 unspecified atom stereocenters. The van der Waals surface area contributed by atoms with E-state index in [4.69, 9.17) is 4.74 Å². The number of hydrogen-bond donors (Lipinski definition) is 1. The highest BCUT2D eigenvalue weighted by molar-refractivity contribution is 5.75. The zero-order valence-corrected chi connectivity index (χ0v) is 12.6. The molecule has 0 spiro atoms. The highest BCUT2D eigenvalue weighted by Gasteiger charge is 2.29. The summed E-state index contributed by atoms with van der Waals surface area (Å²) in [6.07, 6.45) is 2.09. The second kappa shape index (κ2) is 6.64. The minimum absolute atomic E-state index is 0.0528. The van der Waals surface area contributed by atoms with Crippen LogP contribution in [0.5, 0.6) is 5.75 Å². The predicted molar refractivity (Wildman–Crippen MR) is 79.9 cm³/mol. The zero-order chi connectivity index (χ0) is 14.5. The Morgan fingerprint density at radius 2 is 2.10 bits per heavy atom. The van der Waals surface area contributed by atoms with Gasteiger partial charge < -0.3 is 15.0 Å². The van der Waals surface area contributed by atoms with Crippen molar-refractivity contribution in [2.45, 2.75) is 32.7 Å². The van der Waals surface area contributed by atoms with Crippen molar-refractivity contribution in [3.63, 3.8) is 0 Å². The van der Waals surface area contributed by atoms with Gasteiger partial charge in [-0.2, -0.15) is 0 Å². The van der Waals surface area contributed by atoms with Crippen LogP contribution in [0.25, 0.3) is 0 Å². The van der Waals surface area contributed by atoms with Crippen LogP contribution < -0.4 is 10.1 Å². The molecule has 0 radical (unpaired) electrons. The van der Waals surface area contributed by atoms with E-state index < -0.39 is 0 Å². The lowest BCUT2D eigenvalue weighted by Gasteiger charge is -2.26. The Hall–Kier alpha value is -1.71. The predicted octanol–water partition coefficient (Wildman–Crippen LogP) is 3.20. The topological polar surface area (TPSA) is 41.6 Å². The van der Waals surface area contributed by atoms with Crippen LogP contribution in [0, 0.1) is 5.92 Å². The molecule has 0 aliphatic carbocycles. The van der Waals surface area contributed by atoms with E-state index in [9.17, 15) is 4.79 Å². The molecule has 4 nitrogen and oxygen atoms in total. The van der Waals surface area contributed by atoms with Crippen LogP contribution in [-0.2, 0) is 0 Å². The second-order valence-corrected chi connectivity index (χ2v) is 5.70. The van der Waals surface area contributed by atoms with Crippen LogP contribution in [0.2, 0.25) is 0 Å². The molecule has 0 bridgehead atoms. The van der Waals surface area contributed by atoms with Crippen molar-refractivity contribution in [1.29, 1.82) is 0 Å². The molecule has 1 aliphatic rings. The van der Waals surface area contributed by atoms with Crippen molar-refractivity contribution in [3.8, 4) is 5.75 Å². The Kier molecular flexibility index (Phi) is 4.88. The van der Waals surface area contributed by atoms with Crippen LogP contribution in [0.1, 0.15) is 38.3 Å². The molecule has 1 atom stereocenters. The van der Waals surface area contributed by atoms with Gasteiger partial charge in [-0.05, 0) is 36.5 Å². The standard InChI is InChI=1S/C16H24N2O2/c1-12(2)11-17-16(19)18-10-4-5-15(18)13-6-8-14(20-3)9-7-13/h6-9,12,15H,4-5,10-11H2,1-3H3,(H,17,19). The van der Waals surface area contributed by atoms with Crippen molar-refractivity contribution >= 4 is 6.03 Å². The fourth-order valence-electron chi connectivity index (χ4n) is 2.58. The number of nitrogens with one attached hydrogen (secondary N) is 1. The fourth-order valence-corrected chi connectivity index (χ4v) is 2.58. The number of nitrogens with zero attached hydrogens (tertiary/aromatic N) is 1. The lowest BCUT2D eigenvalue weighted by atomic mass is 10.0. The van der Waals surface area contributed by atoms with Gasteiger partial charge in [0.1, 0.15) is 5.75 Å². The molecule has 1 aromatic carbocycles. The zero-order valence-electron chi connectivity index (χ0n) is 12.6. The monoisotopic (exact) mass is 276 g/mol. The van der Waals surface area contributed by atoms with E-state index >= 15 is 0 Å². The van der Waals surface area contributed by atoms with E-state index in [0.717, 1.165) is 31.7 Å². The lowest BCUT2D eigenvalue weighted by Crippen LogP contribution is -2.40. The number of hydrogen-bond acceptors (Lipinski definition) is 2. The smallest absolute Gasteiger partial charge is 0.317 e. The molecule has 1 saturated heterocycles.